The molecule has 3 heterocycles. The Morgan fingerprint density at radius 3 is 2.90 bits per heavy atom. The molecule has 3 aromatic heterocycles. The Morgan fingerprint density at radius 2 is 2.33 bits per heavy atom. The van der Waals surface area contributed by atoms with Crippen LogP contribution in [0, 0.1) is 0 Å². The number of aromatic carboxylic acids is 1. The van der Waals surface area contributed by atoms with E-state index in [1.807, 2.05) is 11.4 Å². The zero-order chi connectivity index (χ0) is 15.0. The Labute approximate surface area is 132 Å². The SMILES string of the molecule is Cn1cc(-c2c(C(=O)O)nnn2Cc2cc(Br)cs2)cn1. The van der Waals surface area contributed by atoms with Crippen LogP contribution in [0.1, 0.15) is 15.4 Å². The molecule has 3 aromatic rings. The molecule has 108 valence electrons. The van der Waals surface area contributed by atoms with E-state index >= 15 is 0 Å². The van der Waals surface area contributed by atoms with Gasteiger partial charge in [-0.1, -0.05) is 5.21 Å². The molecule has 0 saturated carbocycles. The Hall–Kier alpha value is -2.00. The van der Waals surface area contributed by atoms with Crippen molar-refractivity contribution in [1.82, 2.24) is 24.8 Å². The Balaban J connectivity index is 2.06. The average molecular weight is 368 g/mol. The number of carboxylic acid groups (broad SMARTS) is 1. The van der Waals surface area contributed by atoms with Crippen molar-refractivity contribution in [3.05, 3.63) is 38.9 Å². The van der Waals surface area contributed by atoms with Gasteiger partial charge in [-0.15, -0.1) is 16.4 Å². The first-order chi connectivity index (χ1) is 10.0. The van der Waals surface area contributed by atoms with Crippen molar-refractivity contribution in [3.8, 4) is 11.3 Å². The molecule has 0 radical (unpaired) electrons. The van der Waals surface area contributed by atoms with Crippen molar-refractivity contribution in [1.29, 1.82) is 0 Å². The lowest BCUT2D eigenvalue weighted by Crippen LogP contribution is -2.05. The average Bonchev–Trinajstić information content (AvgIpc) is 3.10. The zero-order valence-corrected chi connectivity index (χ0v) is 13.3. The predicted molar refractivity (Wildman–Crippen MR) is 80.3 cm³/mol. The molecule has 0 aliphatic carbocycles. The van der Waals surface area contributed by atoms with Gasteiger partial charge in [-0.3, -0.25) is 4.68 Å². The van der Waals surface area contributed by atoms with Gasteiger partial charge in [-0.25, -0.2) is 9.48 Å². The molecule has 0 aromatic carbocycles. The minimum absolute atomic E-state index is 0.0707. The molecule has 0 fully saturated rings. The van der Waals surface area contributed by atoms with Gasteiger partial charge in [0.25, 0.3) is 0 Å². The van der Waals surface area contributed by atoms with E-state index < -0.39 is 5.97 Å². The molecule has 0 aliphatic rings. The van der Waals surface area contributed by atoms with Crippen LogP contribution in [0.3, 0.4) is 0 Å². The molecular formula is C12H10BrN5O2S. The van der Waals surface area contributed by atoms with E-state index in [1.165, 1.54) is 0 Å². The minimum atomic E-state index is -1.10. The lowest BCUT2D eigenvalue weighted by atomic mass is 10.2. The molecule has 9 heteroatoms. The molecule has 7 nitrogen and oxygen atoms in total. The molecule has 1 N–H and O–H groups in total. The van der Waals surface area contributed by atoms with E-state index in [1.54, 1.807) is 40.1 Å². The number of carbonyl (C=O) groups is 1. The Morgan fingerprint density at radius 1 is 1.52 bits per heavy atom. The summed E-state index contributed by atoms with van der Waals surface area (Å²) in [5.41, 5.74) is 1.06. The summed E-state index contributed by atoms with van der Waals surface area (Å²) in [7, 11) is 1.77. The topological polar surface area (TPSA) is 85.8 Å². The Kier molecular flexibility index (Phi) is 3.60. The fourth-order valence-electron chi connectivity index (χ4n) is 1.98. The van der Waals surface area contributed by atoms with Crippen LogP contribution in [0.5, 0.6) is 0 Å². The molecular weight excluding hydrogens is 358 g/mol. The first-order valence-corrected chi connectivity index (χ1v) is 7.60. The monoisotopic (exact) mass is 367 g/mol. The number of hydrogen-bond donors (Lipinski definition) is 1. The highest BCUT2D eigenvalue weighted by molar-refractivity contribution is 9.10. The normalized spacial score (nSPS) is 11.0. The molecule has 0 spiro atoms. The standard InChI is InChI=1S/C12H10BrN5O2S/c1-17-4-7(3-14-17)11-10(12(19)20)15-16-18(11)5-9-2-8(13)6-21-9/h2-4,6H,5H2,1H3,(H,19,20). The van der Waals surface area contributed by atoms with Crippen LogP contribution in [0.4, 0.5) is 0 Å². The van der Waals surface area contributed by atoms with E-state index in [-0.39, 0.29) is 5.69 Å². The third-order valence-electron chi connectivity index (χ3n) is 2.84. The number of halogens is 1. The van der Waals surface area contributed by atoms with Gasteiger partial charge < -0.3 is 5.11 Å². The van der Waals surface area contributed by atoms with Crippen molar-refractivity contribution >= 4 is 33.2 Å². The zero-order valence-electron chi connectivity index (χ0n) is 10.9. The van der Waals surface area contributed by atoms with E-state index in [2.05, 4.69) is 31.3 Å². The maximum absolute atomic E-state index is 11.3. The van der Waals surface area contributed by atoms with Crippen LogP contribution in [-0.2, 0) is 13.6 Å². The predicted octanol–water partition coefficient (Wildman–Crippen LogP) is 2.25. The van der Waals surface area contributed by atoms with E-state index in [9.17, 15) is 9.90 Å². The molecule has 0 bridgehead atoms. The number of aryl methyl sites for hydroxylation is 1. The fourth-order valence-corrected chi connectivity index (χ4v) is 3.41. The number of carboxylic acids is 1. The molecule has 0 unspecified atom stereocenters. The minimum Gasteiger partial charge on any atom is -0.476 e. The summed E-state index contributed by atoms with van der Waals surface area (Å²) >= 11 is 4.97. The third kappa shape index (κ3) is 2.74. The molecule has 3 rings (SSSR count). The maximum Gasteiger partial charge on any atom is 0.358 e. The van der Waals surface area contributed by atoms with Crippen LogP contribution >= 0.6 is 27.3 Å². The van der Waals surface area contributed by atoms with Crippen molar-refractivity contribution in [2.75, 3.05) is 0 Å². The summed E-state index contributed by atoms with van der Waals surface area (Å²) < 4.78 is 4.18. The second-order valence-corrected chi connectivity index (χ2v) is 6.29. The second-order valence-electron chi connectivity index (χ2n) is 4.38. The van der Waals surface area contributed by atoms with Gasteiger partial charge in [0.05, 0.1) is 12.7 Å². The summed E-state index contributed by atoms with van der Waals surface area (Å²) in [5, 5.41) is 23.1. The number of rotatable bonds is 4. The van der Waals surface area contributed by atoms with Crippen LogP contribution in [0.2, 0.25) is 0 Å². The van der Waals surface area contributed by atoms with Gasteiger partial charge >= 0.3 is 5.97 Å². The van der Waals surface area contributed by atoms with E-state index in [4.69, 9.17) is 0 Å². The molecule has 0 amide bonds. The van der Waals surface area contributed by atoms with Gasteiger partial charge in [0, 0.05) is 33.5 Å². The van der Waals surface area contributed by atoms with Crippen LogP contribution in [0.25, 0.3) is 11.3 Å². The Bertz CT molecular complexity index is 806. The van der Waals surface area contributed by atoms with Gasteiger partial charge in [0.1, 0.15) is 5.69 Å². The fraction of sp³-hybridized carbons (Fsp3) is 0.167. The van der Waals surface area contributed by atoms with Crippen LogP contribution in [0.15, 0.2) is 28.3 Å². The number of aromatic nitrogens is 5. The first kappa shape index (κ1) is 14.0. The highest BCUT2D eigenvalue weighted by Gasteiger charge is 2.22. The van der Waals surface area contributed by atoms with Crippen LogP contribution < -0.4 is 0 Å². The van der Waals surface area contributed by atoms with E-state index in [0.717, 1.165) is 9.35 Å². The second kappa shape index (κ2) is 5.41. The largest absolute Gasteiger partial charge is 0.476 e. The van der Waals surface area contributed by atoms with Crippen LogP contribution in [-0.4, -0.2) is 35.9 Å². The van der Waals surface area contributed by atoms with Gasteiger partial charge in [0.2, 0.25) is 0 Å². The van der Waals surface area contributed by atoms with Gasteiger partial charge in [0.15, 0.2) is 5.69 Å². The lowest BCUT2D eigenvalue weighted by Gasteiger charge is -2.03. The summed E-state index contributed by atoms with van der Waals surface area (Å²) in [6, 6.07) is 1.97. The third-order valence-corrected chi connectivity index (χ3v) is 4.53. The van der Waals surface area contributed by atoms with Crippen molar-refractivity contribution in [2.45, 2.75) is 6.54 Å². The molecule has 0 aliphatic heterocycles. The van der Waals surface area contributed by atoms with Crippen molar-refractivity contribution in [3.63, 3.8) is 0 Å². The highest BCUT2D eigenvalue weighted by atomic mass is 79.9. The smallest absolute Gasteiger partial charge is 0.358 e. The summed E-state index contributed by atoms with van der Waals surface area (Å²) in [6.07, 6.45) is 3.35. The number of hydrogen-bond acceptors (Lipinski definition) is 5. The number of nitrogens with zero attached hydrogens (tertiary/aromatic N) is 5. The summed E-state index contributed by atoms with van der Waals surface area (Å²) in [5.74, 6) is -1.10. The van der Waals surface area contributed by atoms with Crippen molar-refractivity contribution in [2.24, 2.45) is 7.05 Å². The number of thiophene rings is 1. The van der Waals surface area contributed by atoms with Crippen molar-refractivity contribution < 1.29 is 9.90 Å². The van der Waals surface area contributed by atoms with Gasteiger partial charge in [-0.2, -0.15) is 5.10 Å². The lowest BCUT2D eigenvalue weighted by molar-refractivity contribution is 0.0691. The summed E-state index contributed by atoms with van der Waals surface area (Å²) in [4.78, 5) is 12.4. The summed E-state index contributed by atoms with van der Waals surface area (Å²) in [6.45, 7) is 0.459. The molecule has 0 saturated heterocycles. The molecule has 21 heavy (non-hydrogen) atoms. The first-order valence-electron chi connectivity index (χ1n) is 5.93. The van der Waals surface area contributed by atoms with E-state index in [0.29, 0.717) is 17.8 Å². The quantitative estimate of drug-likeness (QED) is 0.764. The molecule has 0 atom stereocenters. The highest BCUT2D eigenvalue weighted by Crippen LogP contribution is 2.25. The maximum atomic E-state index is 11.3. The van der Waals surface area contributed by atoms with Gasteiger partial charge in [-0.05, 0) is 22.0 Å².